The van der Waals surface area contributed by atoms with Crippen molar-refractivity contribution in [2.45, 2.75) is 45.4 Å². The lowest BCUT2D eigenvalue weighted by Crippen LogP contribution is -2.15. The van der Waals surface area contributed by atoms with Crippen LogP contribution in [0.25, 0.3) is 0 Å². The first-order valence-corrected chi connectivity index (χ1v) is 7.50. The molecule has 0 aromatic heterocycles. The van der Waals surface area contributed by atoms with Crippen LogP contribution in [0.2, 0.25) is 0 Å². The Balaban J connectivity index is 1.67. The quantitative estimate of drug-likeness (QED) is 0.723. The van der Waals surface area contributed by atoms with Gasteiger partial charge in [0.1, 0.15) is 0 Å². The number of hydrogen-bond acceptors (Lipinski definition) is 2. The van der Waals surface area contributed by atoms with E-state index in [-0.39, 0.29) is 11.9 Å². The first-order valence-electron chi connectivity index (χ1n) is 7.50. The summed E-state index contributed by atoms with van der Waals surface area (Å²) in [4.78, 5) is 11.7. The Kier molecular flexibility index (Phi) is 5.44. The fraction of sp³-hybridized carbons (Fsp3) is 0.588. The van der Waals surface area contributed by atoms with Gasteiger partial charge < -0.3 is 4.74 Å². The van der Waals surface area contributed by atoms with Crippen molar-refractivity contribution >= 4 is 5.97 Å². The van der Waals surface area contributed by atoms with Gasteiger partial charge in [0.2, 0.25) is 0 Å². The number of benzene rings is 1. The highest BCUT2D eigenvalue weighted by Crippen LogP contribution is 2.34. The van der Waals surface area contributed by atoms with Crippen molar-refractivity contribution in [2.75, 3.05) is 6.61 Å². The highest BCUT2D eigenvalue weighted by atomic mass is 16.5. The van der Waals surface area contributed by atoms with Crippen molar-refractivity contribution in [3.05, 3.63) is 35.9 Å². The molecule has 1 aromatic rings. The molecule has 0 amide bonds. The molecule has 0 heterocycles. The van der Waals surface area contributed by atoms with Gasteiger partial charge in [-0.3, -0.25) is 4.79 Å². The minimum absolute atomic E-state index is 0.0214. The summed E-state index contributed by atoms with van der Waals surface area (Å²) in [6, 6.07) is 10.6. The SMILES string of the molecule is CCOC(=O)C1CCC(CCCc2ccccc2)C1. The highest BCUT2D eigenvalue weighted by molar-refractivity contribution is 5.72. The van der Waals surface area contributed by atoms with E-state index >= 15 is 0 Å². The van der Waals surface area contributed by atoms with E-state index in [1.807, 2.05) is 6.92 Å². The molecular weight excluding hydrogens is 236 g/mol. The molecule has 0 aliphatic heterocycles. The van der Waals surface area contributed by atoms with E-state index in [2.05, 4.69) is 30.3 Å². The van der Waals surface area contributed by atoms with Crippen LogP contribution in [0.4, 0.5) is 0 Å². The smallest absolute Gasteiger partial charge is 0.308 e. The van der Waals surface area contributed by atoms with E-state index in [4.69, 9.17) is 4.74 Å². The number of aryl methyl sites for hydroxylation is 1. The summed E-state index contributed by atoms with van der Waals surface area (Å²) in [6.07, 6.45) is 6.87. The van der Waals surface area contributed by atoms with Gasteiger partial charge in [0.15, 0.2) is 0 Å². The van der Waals surface area contributed by atoms with E-state index in [0.29, 0.717) is 6.61 Å². The molecule has 0 saturated heterocycles. The van der Waals surface area contributed by atoms with E-state index in [0.717, 1.165) is 25.2 Å². The molecule has 0 bridgehead atoms. The minimum Gasteiger partial charge on any atom is -0.466 e. The van der Waals surface area contributed by atoms with Gasteiger partial charge in [0.05, 0.1) is 12.5 Å². The van der Waals surface area contributed by atoms with Gasteiger partial charge in [-0.1, -0.05) is 36.8 Å². The lowest BCUT2D eigenvalue weighted by Gasteiger charge is -2.10. The third kappa shape index (κ3) is 4.38. The van der Waals surface area contributed by atoms with Gasteiger partial charge in [0.25, 0.3) is 0 Å². The summed E-state index contributed by atoms with van der Waals surface area (Å²) in [6.45, 7) is 2.39. The second kappa shape index (κ2) is 7.32. The van der Waals surface area contributed by atoms with Crippen molar-refractivity contribution in [3.63, 3.8) is 0 Å². The Bertz CT molecular complexity index is 386. The molecule has 2 atom stereocenters. The van der Waals surface area contributed by atoms with Crippen LogP contribution in [0.3, 0.4) is 0 Å². The average molecular weight is 260 g/mol. The molecule has 1 aliphatic rings. The number of carbonyl (C=O) groups excluding carboxylic acids is 1. The zero-order valence-electron chi connectivity index (χ0n) is 11.8. The molecule has 2 nitrogen and oxygen atoms in total. The van der Waals surface area contributed by atoms with Gasteiger partial charge in [-0.25, -0.2) is 0 Å². The topological polar surface area (TPSA) is 26.3 Å². The monoisotopic (exact) mass is 260 g/mol. The van der Waals surface area contributed by atoms with Crippen LogP contribution >= 0.6 is 0 Å². The van der Waals surface area contributed by atoms with E-state index in [1.54, 1.807) is 0 Å². The first-order chi connectivity index (χ1) is 9.29. The predicted octanol–water partition coefficient (Wildman–Crippen LogP) is 3.99. The van der Waals surface area contributed by atoms with Crippen LogP contribution in [0.5, 0.6) is 0 Å². The summed E-state index contributed by atoms with van der Waals surface area (Å²) >= 11 is 0. The van der Waals surface area contributed by atoms with Crippen LogP contribution in [0.1, 0.15) is 44.6 Å². The largest absolute Gasteiger partial charge is 0.466 e. The number of carbonyl (C=O) groups is 1. The lowest BCUT2D eigenvalue weighted by molar-refractivity contribution is -0.147. The van der Waals surface area contributed by atoms with Crippen molar-refractivity contribution in [3.8, 4) is 0 Å². The number of ether oxygens (including phenoxy) is 1. The molecule has 19 heavy (non-hydrogen) atoms. The zero-order valence-corrected chi connectivity index (χ0v) is 11.8. The zero-order chi connectivity index (χ0) is 13.5. The average Bonchev–Trinajstić information content (AvgIpc) is 2.89. The molecule has 0 spiro atoms. The molecule has 1 aliphatic carbocycles. The second-order valence-electron chi connectivity index (χ2n) is 5.51. The standard InChI is InChI=1S/C17H24O2/c1-2-19-17(18)16-12-11-15(13-16)10-6-9-14-7-4-3-5-8-14/h3-5,7-8,15-16H,2,6,9-13H2,1H3. The molecule has 1 saturated carbocycles. The van der Waals surface area contributed by atoms with Crippen molar-refractivity contribution in [1.82, 2.24) is 0 Å². The Morgan fingerprint density at radius 2 is 2.05 bits per heavy atom. The number of rotatable bonds is 6. The normalized spacial score (nSPS) is 22.4. The van der Waals surface area contributed by atoms with E-state index in [9.17, 15) is 4.79 Å². The molecule has 1 aromatic carbocycles. The molecule has 2 unspecified atom stereocenters. The third-order valence-corrected chi connectivity index (χ3v) is 4.08. The van der Waals surface area contributed by atoms with Crippen molar-refractivity contribution in [1.29, 1.82) is 0 Å². The molecule has 0 N–H and O–H groups in total. The minimum atomic E-state index is 0.0214. The van der Waals surface area contributed by atoms with Crippen LogP contribution < -0.4 is 0 Å². The maximum absolute atomic E-state index is 11.7. The van der Waals surface area contributed by atoms with E-state index < -0.39 is 0 Å². The lowest BCUT2D eigenvalue weighted by atomic mass is 9.97. The fourth-order valence-electron chi connectivity index (χ4n) is 3.05. The van der Waals surface area contributed by atoms with Gasteiger partial charge in [0, 0.05) is 0 Å². The highest BCUT2D eigenvalue weighted by Gasteiger charge is 2.30. The maximum Gasteiger partial charge on any atom is 0.308 e. The first kappa shape index (κ1) is 14.1. The predicted molar refractivity (Wildman–Crippen MR) is 76.8 cm³/mol. The Hall–Kier alpha value is -1.31. The van der Waals surface area contributed by atoms with Crippen molar-refractivity contribution < 1.29 is 9.53 Å². The number of esters is 1. The molecule has 2 heteroatoms. The molecule has 2 rings (SSSR count). The molecule has 0 radical (unpaired) electrons. The molecule has 1 fully saturated rings. The summed E-state index contributed by atoms with van der Waals surface area (Å²) in [5.41, 5.74) is 1.42. The van der Waals surface area contributed by atoms with Gasteiger partial charge in [-0.15, -0.1) is 0 Å². The Morgan fingerprint density at radius 3 is 2.79 bits per heavy atom. The number of hydrogen-bond donors (Lipinski definition) is 0. The second-order valence-corrected chi connectivity index (χ2v) is 5.51. The molecule has 104 valence electrons. The van der Waals surface area contributed by atoms with Gasteiger partial charge in [-0.05, 0) is 50.5 Å². The van der Waals surface area contributed by atoms with Crippen LogP contribution in [-0.4, -0.2) is 12.6 Å². The Labute approximate surface area is 116 Å². The summed E-state index contributed by atoms with van der Waals surface area (Å²) < 4.78 is 5.11. The summed E-state index contributed by atoms with van der Waals surface area (Å²) in [5.74, 6) is 0.910. The van der Waals surface area contributed by atoms with Crippen LogP contribution in [0, 0.1) is 11.8 Å². The van der Waals surface area contributed by atoms with Gasteiger partial charge >= 0.3 is 5.97 Å². The van der Waals surface area contributed by atoms with E-state index in [1.165, 1.54) is 24.8 Å². The maximum atomic E-state index is 11.7. The van der Waals surface area contributed by atoms with Crippen LogP contribution in [0.15, 0.2) is 30.3 Å². The summed E-state index contributed by atoms with van der Waals surface area (Å²) in [7, 11) is 0. The Morgan fingerprint density at radius 1 is 1.26 bits per heavy atom. The summed E-state index contributed by atoms with van der Waals surface area (Å²) in [5, 5.41) is 0. The molecular formula is C17H24O2. The fourth-order valence-corrected chi connectivity index (χ4v) is 3.05. The third-order valence-electron chi connectivity index (χ3n) is 4.08. The van der Waals surface area contributed by atoms with Crippen molar-refractivity contribution in [2.24, 2.45) is 11.8 Å². The van der Waals surface area contributed by atoms with Gasteiger partial charge in [-0.2, -0.15) is 0 Å². The van der Waals surface area contributed by atoms with Crippen LogP contribution in [-0.2, 0) is 16.0 Å².